The molecule has 0 aliphatic heterocycles. The van der Waals surface area contributed by atoms with Crippen LogP contribution in [-0.4, -0.2) is 16.3 Å². The molecular formula is C12H6F3N3O2. The lowest BCUT2D eigenvalue weighted by Crippen LogP contribution is -2.17. The molecule has 0 aliphatic carbocycles. The molecule has 0 saturated carbocycles. The Morgan fingerprint density at radius 3 is 2.30 bits per heavy atom. The molecule has 0 saturated heterocycles. The molecule has 1 aromatic heterocycles. The second-order valence-corrected chi connectivity index (χ2v) is 3.45. The fourth-order valence-corrected chi connectivity index (χ4v) is 1.28. The molecule has 20 heavy (non-hydrogen) atoms. The SMILES string of the molecule is N#Cc1cnc(Oc2ccccc2OC(F)(F)F)cn1. The number of hydrogen-bond donors (Lipinski definition) is 0. The van der Waals surface area contributed by atoms with Crippen molar-refractivity contribution in [2.24, 2.45) is 0 Å². The zero-order valence-electron chi connectivity index (χ0n) is 9.76. The minimum absolute atomic E-state index is 0.0535. The maximum absolute atomic E-state index is 12.2. The van der Waals surface area contributed by atoms with E-state index in [4.69, 9.17) is 10.00 Å². The number of hydrogen-bond acceptors (Lipinski definition) is 5. The topological polar surface area (TPSA) is 68.0 Å². The summed E-state index contributed by atoms with van der Waals surface area (Å²) in [6, 6.07) is 7.02. The molecule has 2 rings (SSSR count). The van der Waals surface area contributed by atoms with Gasteiger partial charge in [0.1, 0.15) is 6.07 Å². The highest BCUT2D eigenvalue weighted by Crippen LogP contribution is 2.33. The van der Waals surface area contributed by atoms with Crippen LogP contribution in [0.15, 0.2) is 36.7 Å². The van der Waals surface area contributed by atoms with Gasteiger partial charge in [0.25, 0.3) is 0 Å². The van der Waals surface area contributed by atoms with Crippen molar-refractivity contribution in [2.75, 3.05) is 0 Å². The first kappa shape index (κ1) is 13.6. The number of benzene rings is 1. The number of nitriles is 1. The van der Waals surface area contributed by atoms with Crippen LogP contribution in [0.5, 0.6) is 17.4 Å². The van der Waals surface area contributed by atoms with Crippen LogP contribution in [0, 0.1) is 11.3 Å². The molecular weight excluding hydrogens is 275 g/mol. The van der Waals surface area contributed by atoms with Gasteiger partial charge in [-0.25, -0.2) is 9.97 Å². The second-order valence-electron chi connectivity index (χ2n) is 3.45. The van der Waals surface area contributed by atoms with Crippen LogP contribution < -0.4 is 9.47 Å². The summed E-state index contributed by atoms with van der Waals surface area (Å²) in [7, 11) is 0. The summed E-state index contributed by atoms with van der Waals surface area (Å²) in [5, 5.41) is 8.55. The molecule has 1 heterocycles. The Labute approximate surface area is 111 Å². The van der Waals surface area contributed by atoms with E-state index in [-0.39, 0.29) is 17.3 Å². The maximum atomic E-state index is 12.2. The van der Waals surface area contributed by atoms with Crippen molar-refractivity contribution >= 4 is 0 Å². The molecule has 0 amide bonds. The van der Waals surface area contributed by atoms with E-state index in [1.807, 2.05) is 0 Å². The summed E-state index contributed by atoms with van der Waals surface area (Å²) in [5.41, 5.74) is 0.0668. The van der Waals surface area contributed by atoms with Crippen molar-refractivity contribution in [3.8, 4) is 23.4 Å². The predicted molar refractivity (Wildman–Crippen MR) is 59.9 cm³/mol. The molecule has 8 heteroatoms. The fraction of sp³-hybridized carbons (Fsp3) is 0.0833. The monoisotopic (exact) mass is 281 g/mol. The van der Waals surface area contributed by atoms with Crippen LogP contribution in [0.25, 0.3) is 0 Å². The van der Waals surface area contributed by atoms with Gasteiger partial charge in [-0.2, -0.15) is 5.26 Å². The minimum atomic E-state index is -4.82. The van der Waals surface area contributed by atoms with Gasteiger partial charge < -0.3 is 9.47 Å². The van der Waals surface area contributed by atoms with Crippen molar-refractivity contribution < 1.29 is 22.6 Å². The predicted octanol–water partition coefficient (Wildman–Crippen LogP) is 3.04. The normalized spacial score (nSPS) is 10.7. The fourth-order valence-electron chi connectivity index (χ4n) is 1.28. The van der Waals surface area contributed by atoms with E-state index in [1.165, 1.54) is 18.2 Å². The lowest BCUT2D eigenvalue weighted by atomic mass is 10.3. The highest BCUT2D eigenvalue weighted by atomic mass is 19.4. The number of aromatic nitrogens is 2. The van der Waals surface area contributed by atoms with Gasteiger partial charge in [0.05, 0.1) is 12.4 Å². The van der Waals surface area contributed by atoms with Crippen molar-refractivity contribution in [1.82, 2.24) is 9.97 Å². The summed E-state index contributed by atoms with van der Waals surface area (Å²) in [6.45, 7) is 0. The molecule has 0 bridgehead atoms. The standard InChI is InChI=1S/C12H6F3N3O2/c13-12(14,15)20-10-4-2-1-3-9(10)19-11-7-17-8(5-16)6-18-11/h1-4,6-7H. The third kappa shape index (κ3) is 3.58. The third-order valence-corrected chi connectivity index (χ3v) is 2.03. The molecule has 0 unspecified atom stereocenters. The Hall–Kier alpha value is -2.82. The summed E-state index contributed by atoms with van der Waals surface area (Å²) < 4.78 is 45.6. The zero-order valence-corrected chi connectivity index (χ0v) is 9.76. The average molecular weight is 281 g/mol. The first-order valence-corrected chi connectivity index (χ1v) is 5.23. The van der Waals surface area contributed by atoms with E-state index in [2.05, 4.69) is 14.7 Å². The van der Waals surface area contributed by atoms with Crippen LogP contribution in [0.3, 0.4) is 0 Å². The van der Waals surface area contributed by atoms with Crippen molar-refractivity contribution in [3.63, 3.8) is 0 Å². The molecule has 0 aliphatic rings. The summed E-state index contributed by atoms with van der Waals surface area (Å²) in [4.78, 5) is 7.42. The van der Waals surface area contributed by atoms with E-state index in [1.54, 1.807) is 6.07 Å². The van der Waals surface area contributed by atoms with Gasteiger partial charge in [-0.15, -0.1) is 13.2 Å². The number of halogens is 3. The van der Waals surface area contributed by atoms with E-state index >= 15 is 0 Å². The smallest absolute Gasteiger partial charge is 0.434 e. The van der Waals surface area contributed by atoms with Crippen molar-refractivity contribution in [3.05, 3.63) is 42.4 Å². The minimum Gasteiger partial charge on any atom is -0.434 e. The quantitative estimate of drug-likeness (QED) is 0.864. The molecule has 0 atom stereocenters. The van der Waals surface area contributed by atoms with Gasteiger partial charge in [-0.05, 0) is 12.1 Å². The number of para-hydroxylation sites is 2. The highest BCUT2D eigenvalue weighted by molar-refractivity contribution is 5.41. The van der Waals surface area contributed by atoms with E-state index in [0.717, 1.165) is 18.5 Å². The Morgan fingerprint density at radius 1 is 1.05 bits per heavy atom. The van der Waals surface area contributed by atoms with Crippen LogP contribution in [0.2, 0.25) is 0 Å². The first-order valence-electron chi connectivity index (χ1n) is 5.23. The molecule has 0 spiro atoms. The Kier molecular flexibility index (Phi) is 3.70. The van der Waals surface area contributed by atoms with Crippen LogP contribution in [-0.2, 0) is 0 Å². The van der Waals surface area contributed by atoms with E-state index in [9.17, 15) is 13.2 Å². The molecule has 5 nitrogen and oxygen atoms in total. The maximum Gasteiger partial charge on any atom is 0.573 e. The van der Waals surface area contributed by atoms with Gasteiger partial charge in [-0.1, -0.05) is 12.1 Å². The number of alkyl halides is 3. The van der Waals surface area contributed by atoms with Crippen molar-refractivity contribution in [1.29, 1.82) is 5.26 Å². The molecule has 0 fully saturated rings. The summed E-state index contributed by atoms with van der Waals surface area (Å²) >= 11 is 0. The molecule has 0 N–H and O–H groups in total. The summed E-state index contributed by atoms with van der Waals surface area (Å²) in [6.07, 6.45) is -2.55. The highest BCUT2D eigenvalue weighted by Gasteiger charge is 2.32. The largest absolute Gasteiger partial charge is 0.573 e. The van der Waals surface area contributed by atoms with E-state index < -0.39 is 12.1 Å². The molecule has 0 radical (unpaired) electrons. The first-order chi connectivity index (χ1) is 9.48. The Balaban J connectivity index is 2.22. The van der Waals surface area contributed by atoms with Crippen LogP contribution >= 0.6 is 0 Å². The molecule has 102 valence electrons. The number of rotatable bonds is 3. The number of ether oxygens (including phenoxy) is 2. The van der Waals surface area contributed by atoms with Gasteiger partial charge in [0.15, 0.2) is 17.2 Å². The Morgan fingerprint density at radius 2 is 1.75 bits per heavy atom. The molecule has 2 aromatic rings. The lowest BCUT2D eigenvalue weighted by Gasteiger charge is -2.12. The lowest BCUT2D eigenvalue weighted by molar-refractivity contribution is -0.275. The van der Waals surface area contributed by atoms with Crippen LogP contribution in [0.4, 0.5) is 13.2 Å². The zero-order chi connectivity index (χ0) is 14.6. The van der Waals surface area contributed by atoms with Crippen molar-refractivity contribution in [2.45, 2.75) is 6.36 Å². The average Bonchev–Trinajstić information content (AvgIpc) is 2.40. The van der Waals surface area contributed by atoms with Gasteiger partial charge in [0.2, 0.25) is 5.88 Å². The molecule has 1 aromatic carbocycles. The van der Waals surface area contributed by atoms with Crippen LogP contribution in [0.1, 0.15) is 5.69 Å². The van der Waals surface area contributed by atoms with E-state index in [0.29, 0.717) is 0 Å². The number of nitrogens with zero attached hydrogens (tertiary/aromatic N) is 3. The summed E-state index contributed by atoms with van der Waals surface area (Å²) in [5.74, 6) is -0.711. The van der Waals surface area contributed by atoms with Gasteiger partial charge in [-0.3, -0.25) is 0 Å². The van der Waals surface area contributed by atoms with Gasteiger partial charge in [0, 0.05) is 0 Å². The third-order valence-electron chi connectivity index (χ3n) is 2.03. The Bertz CT molecular complexity index is 636. The second kappa shape index (κ2) is 5.44. The van der Waals surface area contributed by atoms with Gasteiger partial charge >= 0.3 is 6.36 Å².